The van der Waals surface area contributed by atoms with E-state index in [0.29, 0.717) is 29.4 Å². The topological polar surface area (TPSA) is 106 Å². The van der Waals surface area contributed by atoms with Gasteiger partial charge in [-0.05, 0) is 60.2 Å². The SMILES string of the molecule is Nc1ncnc2ccc(-c3ccc(CNc4ncccc4C(=O)Nc4ccc(F)c(Cl)c4)s3)cc12. The maximum atomic E-state index is 13.4. The molecule has 0 saturated heterocycles. The maximum Gasteiger partial charge on any atom is 0.259 e. The van der Waals surface area contributed by atoms with Crippen molar-refractivity contribution in [2.75, 3.05) is 16.4 Å². The monoisotopic (exact) mass is 504 g/mol. The Morgan fingerprint density at radius 1 is 1.06 bits per heavy atom. The van der Waals surface area contributed by atoms with Crippen LogP contribution in [0.15, 0.2) is 73.2 Å². The number of rotatable bonds is 6. The lowest BCUT2D eigenvalue weighted by atomic mass is 10.1. The van der Waals surface area contributed by atoms with Crippen LogP contribution in [0.3, 0.4) is 0 Å². The first-order valence-corrected chi connectivity index (χ1v) is 11.7. The molecule has 0 radical (unpaired) electrons. The molecule has 5 aromatic rings. The number of benzene rings is 2. The summed E-state index contributed by atoms with van der Waals surface area (Å²) in [5.74, 6) is -0.0572. The van der Waals surface area contributed by atoms with E-state index < -0.39 is 5.82 Å². The summed E-state index contributed by atoms with van der Waals surface area (Å²) in [5, 5.41) is 6.70. The quantitative estimate of drug-likeness (QED) is 0.262. The molecule has 7 nitrogen and oxygen atoms in total. The van der Waals surface area contributed by atoms with Gasteiger partial charge in [-0.25, -0.2) is 19.3 Å². The van der Waals surface area contributed by atoms with Gasteiger partial charge in [0.05, 0.1) is 22.6 Å². The number of nitrogens with two attached hydrogens (primary N) is 1. The summed E-state index contributed by atoms with van der Waals surface area (Å²) >= 11 is 7.43. The van der Waals surface area contributed by atoms with E-state index in [9.17, 15) is 9.18 Å². The zero-order valence-corrected chi connectivity index (χ0v) is 19.7. The van der Waals surface area contributed by atoms with Crippen LogP contribution in [-0.2, 0) is 6.54 Å². The number of hydrogen-bond donors (Lipinski definition) is 3. The predicted octanol–water partition coefficient (Wildman–Crippen LogP) is 5.99. The van der Waals surface area contributed by atoms with Gasteiger partial charge in [-0.1, -0.05) is 17.7 Å². The van der Waals surface area contributed by atoms with Gasteiger partial charge in [-0.3, -0.25) is 4.79 Å². The molecule has 0 fully saturated rings. The van der Waals surface area contributed by atoms with E-state index in [1.54, 1.807) is 29.7 Å². The van der Waals surface area contributed by atoms with Crippen LogP contribution >= 0.6 is 22.9 Å². The number of amides is 1. The number of fused-ring (bicyclic) bond motifs is 1. The molecule has 0 aliphatic carbocycles. The van der Waals surface area contributed by atoms with Crippen molar-refractivity contribution >= 4 is 57.1 Å². The Balaban J connectivity index is 1.31. The van der Waals surface area contributed by atoms with E-state index in [2.05, 4.69) is 25.6 Å². The molecule has 4 N–H and O–H groups in total. The van der Waals surface area contributed by atoms with Crippen LogP contribution in [0, 0.1) is 5.82 Å². The number of nitrogen functional groups attached to an aromatic ring is 1. The van der Waals surface area contributed by atoms with Crippen molar-refractivity contribution in [1.82, 2.24) is 15.0 Å². The molecule has 0 aliphatic heterocycles. The number of nitrogens with one attached hydrogen (secondary N) is 2. The molecule has 2 aromatic carbocycles. The number of carbonyl (C=O) groups is 1. The minimum Gasteiger partial charge on any atom is -0.383 e. The summed E-state index contributed by atoms with van der Waals surface area (Å²) < 4.78 is 13.4. The van der Waals surface area contributed by atoms with Crippen molar-refractivity contribution in [3.8, 4) is 10.4 Å². The highest BCUT2D eigenvalue weighted by Crippen LogP contribution is 2.31. The second-order valence-corrected chi connectivity index (χ2v) is 9.17. The number of aromatic nitrogens is 3. The molecule has 174 valence electrons. The Labute approximate surface area is 208 Å². The number of nitrogens with zero attached hydrogens (tertiary/aromatic N) is 3. The number of halogens is 2. The van der Waals surface area contributed by atoms with Gasteiger partial charge in [-0.15, -0.1) is 11.3 Å². The van der Waals surface area contributed by atoms with Gasteiger partial charge in [0.2, 0.25) is 0 Å². The average molecular weight is 505 g/mol. The molecule has 0 unspecified atom stereocenters. The Morgan fingerprint density at radius 3 is 2.80 bits per heavy atom. The van der Waals surface area contributed by atoms with E-state index in [-0.39, 0.29) is 10.9 Å². The fourth-order valence-corrected chi connectivity index (χ4v) is 4.65. The van der Waals surface area contributed by atoms with Crippen LogP contribution in [0.25, 0.3) is 21.3 Å². The summed E-state index contributed by atoms with van der Waals surface area (Å²) in [6.07, 6.45) is 3.06. The van der Waals surface area contributed by atoms with E-state index in [1.807, 2.05) is 30.3 Å². The third-order valence-electron chi connectivity index (χ3n) is 5.27. The molecule has 3 heterocycles. The summed E-state index contributed by atoms with van der Waals surface area (Å²) in [5.41, 5.74) is 8.56. The molecule has 35 heavy (non-hydrogen) atoms. The van der Waals surface area contributed by atoms with Gasteiger partial charge in [0, 0.05) is 27.0 Å². The van der Waals surface area contributed by atoms with Gasteiger partial charge in [0.1, 0.15) is 23.8 Å². The third kappa shape index (κ3) is 4.91. The first-order chi connectivity index (χ1) is 17.0. The standard InChI is InChI=1S/C25H18ClFN6OS/c26-19-11-15(4-6-20(19)27)33-25(34)17-2-1-9-29-24(17)30-12-16-5-8-22(35-16)14-3-7-21-18(10-14)23(28)32-13-31-21/h1-11,13H,12H2,(H,29,30)(H,33,34)(H2,28,31,32). The molecule has 0 aliphatic rings. The van der Waals surface area contributed by atoms with E-state index >= 15 is 0 Å². The first kappa shape index (κ1) is 22.7. The molecule has 0 atom stereocenters. The number of anilines is 3. The number of thiophene rings is 1. The van der Waals surface area contributed by atoms with Crippen molar-refractivity contribution in [2.24, 2.45) is 0 Å². The molecule has 0 saturated carbocycles. The second-order valence-electron chi connectivity index (χ2n) is 7.59. The molecule has 5 rings (SSSR count). The minimum atomic E-state index is -0.552. The fraction of sp³-hybridized carbons (Fsp3) is 0.0400. The molecule has 3 aromatic heterocycles. The van der Waals surface area contributed by atoms with E-state index in [4.69, 9.17) is 17.3 Å². The highest BCUT2D eigenvalue weighted by molar-refractivity contribution is 7.15. The van der Waals surface area contributed by atoms with Gasteiger partial charge in [0.25, 0.3) is 5.91 Å². The van der Waals surface area contributed by atoms with Gasteiger partial charge in [-0.2, -0.15) is 0 Å². The van der Waals surface area contributed by atoms with Crippen molar-refractivity contribution in [3.05, 3.63) is 94.5 Å². The second kappa shape index (κ2) is 9.65. The lowest BCUT2D eigenvalue weighted by Gasteiger charge is -2.11. The Bertz CT molecular complexity index is 1560. The lowest BCUT2D eigenvalue weighted by Crippen LogP contribution is -2.15. The highest BCUT2D eigenvalue weighted by Gasteiger charge is 2.14. The Kier molecular flexibility index (Phi) is 6.26. The molecule has 1 amide bonds. The molecular weight excluding hydrogens is 487 g/mol. The molecule has 10 heteroatoms. The van der Waals surface area contributed by atoms with Crippen molar-refractivity contribution in [2.45, 2.75) is 6.54 Å². The molecular formula is C25H18ClFN6OS. The van der Waals surface area contributed by atoms with Crippen molar-refractivity contribution in [3.63, 3.8) is 0 Å². The number of carbonyl (C=O) groups excluding carboxylic acids is 1. The smallest absolute Gasteiger partial charge is 0.259 e. The lowest BCUT2D eigenvalue weighted by molar-refractivity contribution is 0.102. The summed E-state index contributed by atoms with van der Waals surface area (Å²) in [6, 6.07) is 17.3. The number of hydrogen-bond acceptors (Lipinski definition) is 7. The van der Waals surface area contributed by atoms with Crippen molar-refractivity contribution in [1.29, 1.82) is 0 Å². The third-order valence-corrected chi connectivity index (χ3v) is 6.70. The van der Waals surface area contributed by atoms with Crippen LogP contribution in [-0.4, -0.2) is 20.9 Å². The summed E-state index contributed by atoms with van der Waals surface area (Å²) in [7, 11) is 0. The van der Waals surface area contributed by atoms with Crippen LogP contribution in [0.5, 0.6) is 0 Å². The van der Waals surface area contributed by atoms with E-state index in [1.165, 1.54) is 24.5 Å². The predicted molar refractivity (Wildman–Crippen MR) is 138 cm³/mol. The Hall–Kier alpha value is -4.08. The van der Waals surface area contributed by atoms with Gasteiger partial charge in [0.15, 0.2) is 0 Å². The van der Waals surface area contributed by atoms with Crippen LogP contribution in [0.1, 0.15) is 15.2 Å². The average Bonchev–Trinajstić information content (AvgIpc) is 3.34. The number of pyridine rings is 1. The Morgan fingerprint density at radius 2 is 1.94 bits per heavy atom. The summed E-state index contributed by atoms with van der Waals surface area (Å²) in [6.45, 7) is 0.475. The van der Waals surface area contributed by atoms with Gasteiger partial charge < -0.3 is 16.4 Å². The van der Waals surface area contributed by atoms with Crippen LogP contribution in [0.4, 0.5) is 21.7 Å². The molecule has 0 spiro atoms. The maximum absolute atomic E-state index is 13.4. The zero-order valence-electron chi connectivity index (χ0n) is 18.1. The first-order valence-electron chi connectivity index (χ1n) is 10.5. The van der Waals surface area contributed by atoms with Crippen LogP contribution in [0.2, 0.25) is 5.02 Å². The van der Waals surface area contributed by atoms with Crippen LogP contribution < -0.4 is 16.4 Å². The molecule has 0 bridgehead atoms. The summed E-state index contributed by atoms with van der Waals surface area (Å²) in [4.78, 5) is 27.6. The van der Waals surface area contributed by atoms with E-state index in [0.717, 1.165) is 26.2 Å². The fourth-order valence-electron chi connectivity index (χ4n) is 3.53. The normalized spacial score (nSPS) is 10.9. The highest BCUT2D eigenvalue weighted by atomic mass is 35.5. The minimum absolute atomic E-state index is 0.0672. The van der Waals surface area contributed by atoms with Gasteiger partial charge >= 0.3 is 0 Å². The zero-order chi connectivity index (χ0) is 24.4. The van der Waals surface area contributed by atoms with Crippen molar-refractivity contribution < 1.29 is 9.18 Å². The largest absolute Gasteiger partial charge is 0.383 e.